The molecule has 6 nitrogen and oxygen atoms in total. The highest BCUT2D eigenvalue weighted by molar-refractivity contribution is 5.93. The first-order valence-electron chi connectivity index (χ1n) is 5.95. The van der Waals surface area contributed by atoms with Crippen LogP contribution in [0.15, 0.2) is 0 Å². The molecule has 9 heteroatoms. The molecule has 2 N–H and O–H groups in total. The second-order valence-electron chi connectivity index (χ2n) is 5.54. The molecular weight excluding hydrogens is 281 g/mol. The van der Waals surface area contributed by atoms with E-state index in [1.165, 1.54) is 0 Å². The van der Waals surface area contributed by atoms with Gasteiger partial charge < -0.3 is 4.74 Å². The number of imide groups is 1. The Morgan fingerprint density at radius 3 is 2.10 bits per heavy atom. The van der Waals surface area contributed by atoms with Gasteiger partial charge in [-0.1, -0.05) is 0 Å². The molecule has 0 bridgehead atoms. The van der Waals surface area contributed by atoms with Gasteiger partial charge in [0.2, 0.25) is 5.91 Å². The van der Waals surface area contributed by atoms with Gasteiger partial charge in [-0.05, 0) is 33.6 Å². The van der Waals surface area contributed by atoms with Gasteiger partial charge in [0.25, 0.3) is 0 Å². The molecule has 1 aliphatic rings. The fourth-order valence-corrected chi connectivity index (χ4v) is 1.65. The molecule has 2 amide bonds. The van der Waals surface area contributed by atoms with Crippen molar-refractivity contribution in [1.82, 2.24) is 5.01 Å². The van der Waals surface area contributed by atoms with Crippen molar-refractivity contribution in [3.05, 3.63) is 0 Å². The summed E-state index contributed by atoms with van der Waals surface area (Å²) in [5.41, 5.74) is -0.823. The van der Waals surface area contributed by atoms with Gasteiger partial charge in [0.1, 0.15) is 5.60 Å². The average Bonchev–Trinajstić information content (AvgIpc) is 2.16. The Labute approximate surface area is 113 Å². The van der Waals surface area contributed by atoms with E-state index in [9.17, 15) is 22.8 Å². The second kappa shape index (κ2) is 5.57. The monoisotopic (exact) mass is 298 g/mol. The van der Waals surface area contributed by atoms with Crippen molar-refractivity contribution in [2.45, 2.75) is 51.7 Å². The lowest BCUT2D eigenvalue weighted by atomic mass is 9.81. The van der Waals surface area contributed by atoms with Crippen molar-refractivity contribution < 1.29 is 32.2 Å². The van der Waals surface area contributed by atoms with Crippen LogP contribution in [0.5, 0.6) is 0 Å². The molecule has 1 rings (SSSR count). The number of halogens is 3. The Morgan fingerprint density at radius 1 is 1.20 bits per heavy atom. The molecule has 0 unspecified atom stereocenters. The molecule has 1 saturated carbocycles. The first-order chi connectivity index (χ1) is 8.89. The molecule has 0 saturated heterocycles. The van der Waals surface area contributed by atoms with E-state index in [2.05, 4.69) is 4.74 Å². The van der Waals surface area contributed by atoms with Crippen LogP contribution in [0.1, 0.15) is 33.6 Å². The third-order valence-electron chi connectivity index (χ3n) is 2.57. The number of ether oxygens (including phenoxy) is 2. The predicted molar refractivity (Wildman–Crippen MR) is 60.9 cm³/mol. The summed E-state index contributed by atoms with van der Waals surface area (Å²) in [4.78, 5) is 23.2. The average molecular weight is 298 g/mol. The zero-order chi connectivity index (χ0) is 15.7. The summed E-state index contributed by atoms with van der Waals surface area (Å²) in [7, 11) is 0. The van der Waals surface area contributed by atoms with Gasteiger partial charge >= 0.3 is 12.5 Å². The van der Waals surface area contributed by atoms with Crippen molar-refractivity contribution in [3.8, 4) is 0 Å². The normalized spacial score (nSPS) is 22.9. The SMILES string of the molecule is CC(C)(C)OC(=O)N(N)C(=O)[C@H]1C[C@@H](OC(F)(F)F)C1. The number of nitrogens with zero attached hydrogens (tertiary/aromatic N) is 1. The predicted octanol–water partition coefficient (Wildman–Crippen LogP) is 1.94. The highest BCUT2D eigenvalue weighted by atomic mass is 19.4. The van der Waals surface area contributed by atoms with E-state index in [0.717, 1.165) is 0 Å². The van der Waals surface area contributed by atoms with Gasteiger partial charge in [0.15, 0.2) is 0 Å². The molecule has 116 valence electrons. The molecule has 0 aromatic heterocycles. The number of hydrogen-bond donors (Lipinski definition) is 1. The van der Waals surface area contributed by atoms with Crippen molar-refractivity contribution >= 4 is 12.0 Å². The number of hydrogen-bond acceptors (Lipinski definition) is 5. The highest BCUT2D eigenvalue weighted by Crippen LogP contribution is 2.35. The summed E-state index contributed by atoms with van der Waals surface area (Å²) in [5.74, 6) is 3.76. The maximum atomic E-state index is 11.9. The van der Waals surface area contributed by atoms with Crippen molar-refractivity contribution in [3.63, 3.8) is 0 Å². The Hall–Kier alpha value is -1.35. The Bertz CT molecular complexity index is 386. The molecule has 0 atom stereocenters. The molecule has 0 aromatic carbocycles. The molecule has 0 radical (unpaired) electrons. The van der Waals surface area contributed by atoms with Crippen LogP contribution < -0.4 is 5.84 Å². The number of alkyl halides is 3. The Balaban J connectivity index is 2.43. The van der Waals surface area contributed by atoms with Crippen LogP contribution in [-0.4, -0.2) is 35.1 Å². The summed E-state index contributed by atoms with van der Waals surface area (Å²) in [5, 5.41) is 0.291. The largest absolute Gasteiger partial charge is 0.522 e. The Morgan fingerprint density at radius 2 is 1.70 bits per heavy atom. The minimum absolute atomic E-state index is 0.130. The van der Waals surface area contributed by atoms with Crippen LogP contribution in [0.25, 0.3) is 0 Å². The summed E-state index contributed by atoms with van der Waals surface area (Å²) in [6.07, 6.45) is -7.10. The molecule has 0 aliphatic heterocycles. The number of nitrogens with two attached hydrogens (primary N) is 1. The second-order valence-corrected chi connectivity index (χ2v) is 5.54. The topological polar surface area (TPSA) is 81.9 Å². The third kappa shape index (κ3) is 4.97. The maximum Gasteiger partial charge on any atom is 0.522 e. The molecule has 1 fully saturated rings. The van der Waals surface area contributed by atoms with Crippen molar-refractivity contribution in [1.29, 1.82) is 0 Å². The third-order valence-corrected chi connectivity index (χ3v) is 2.57. The standard InChI is InChI=1S/C11H17F3N2O4/c1-10(2,3)20-9(18)16(15)8(17)6-4-7(5-6)19-11(12,13)14/h6-7H,4-5,15H2,1-3H3/t6-,7+. The van der Waals surface area contributed by atoms with E-state index in [1.54, 1.807) is 20.8 Å². The number of rotatable bonds is 2. The van der Waals surface area contributed by atoms with Crippen LogP contribution in [0.4, 0.5) is 18.0 Å². The van der Waals surface area contributed by atoms with Gasteiger partial charge in [-0.3, -0.25) is 9.53 Å². The van der Waals surface area contributed by atoms with Crippen LogP contribution in [0, 0.1) is 5.92 Å². The lowest BCUT2D eigenvalue weighted by molar-refractivity contribution is -0.353. The fraction of sp³-hybridized carbons (Fsp3) is 0.818. The minimum Gasteiger partial charge on any atom is -0.442 e. The van der Waals surface area contributed by atoms with Crippen LogP contribution in [0.2, 0.25) is 0 Å². The van der Waals surface area contributed by atoms with Crippen LogP contribution in [-0.2, 0) is 14.3 Å². The molecule has 20 heavy (non-hydrogen) atoms. The van der Waals surface area contributed by atoms with Gasteiger partial charge in [0.05, 0.1) is 6.10 Å². The number of carbonyl (C=O) groups excluding carboxylic acids is 2. The smallest absolute Gasteiger partial charge is 0.442 e. The van der Waals surface area contributed by atoms with E-state index in [0.29, 0.717) is 5.01 Å². The maximum absolute atomic E-state index is 11.9. The molecule has 0 aromatic rings. The van der Waals surface area contributed by atoms with Crippen molar-refractivity contribution in [2.75, 3.05) is 0 Å². The lowest BCUT2D eigenvalue weighted by Gasteiger charge is -2.35. The van der Waals surface area contributed by atoms with Gasteiger partial charge in [0, 0.05) is 5.92 Å². The van der Waals surface area contributed by atoms with Crippen LogP contribution in [0.3, 0.4) is 0 Å². The fourth-order valence-electron chi connectivity index (χ4n) is 1.65. The highest BCUT2D eigenvalue weighted by Gasteiger charge is 2.44. The van der Waals surface area contributed by atoms with E-state index >= 15 is 0 Å². The molecular formula is C11H17F3N2O4. The summed E-state index contributed by atoms with van der Waals surface area (Å²) in [6.45, 7) is 4.79. The summed E-state index contributed by atoms with van der Waals surface area (Å²) < 4.78 is 44.4. The van der Waals surface area contributed by atoms with Crippen molar-refractivity contribution in [2.24, 2.45) is 11.8 Å². The van der Waals surface area contributed by atoms with E-state index in [-0.39, 0.29) is 12.8 Å². The van der Waals surface area contributed by atoms with E-state index in [4.69, 9.17) is 10.6 Å². The molecule has 0 heterocycles. The Kier molecular flexibility index (Phi) is 4.65. The number of hydrazine groups is 1. The van der Waals surface area contributed by atoms with Crippen LogP contribution >= 0.6 is 0 Å². The van der Waals surface area contributed by atoms with E-state index in [1.807, 2.05) is 0 Å². The molecule has 1 aliphatic carbocycles. The van der Waals surface area contributed by atoms with Gasteiger partial charge in [-0.2, -0.15) is 5.01 Å². The first kappa shape index (κ1) is 16.7. The zero-order valence-electron chi connectivity index (χ0n) is 11.4. The molecule has 0 spiro atoms. The number of amides is 2. The first-order valence-corrected chi connectivity index (χ1v) is 5.95. The number of carbonyl (C=O) groups is 2. The lowest BCUT2D eigenvalue weighted by Crippen LogP contribution is -2.52. The summed E-state index contributed by atoms with van der Waals surface area (Å²) in [6, 6.07) is 0. The quantitative estimate of drug-likeness (QED) is 0.478. The van der Waals surface area contributed by atoms with Gasteiger partial charge in [-0.15, -0.1) is 13.2 Å². The zero-order valence-corrected chi connectivity index (χ0v) is 11.4. The minimum atomic E-state index is -4.73. The van der Waals surface area contributed by atoms with E-state index < -0.39 is 36.0 Å². The summed E-state index contributed by atoms with van der Waals surface area (Å²) >= 11 is 0. The van der Waals surface area contributed by atoms with Gasteiger partial charge in [-0.25, -0.2) is 10.6 Å².